The van der Waals surface area contributed by atoms with Crippen LogP contribution in [0.15, 0.2) is 34.6 Å². The van der Waals surface area contributed by atoms with Crippen molar-refractivity contribution in [2.75, 3.05) is 26.2 Å². The molecule has 0 saturated carbocycles. The lowest BCUT2D eigenvalue weighted by Gasteiger charge is -2.30. The van der Waals surface area contributed by atoms with Crippen molar-refractivity contribution in [2.24, 2.45) is 10.3 Å². The summed E-state index contributed by atoms with van der Waals surface area (Å²) in [5.41, 5.74) is 1.78. The number of rotatable bonds is 2. The summed E-state index contributed by atoms with van der Waals surface area (Å²) in [6.45, 7) is 3.72. The van der Waals surface area contributed by atoms with E-state index >= 15 is 0 Å². The molecule has 2 aliphatic heterocycles. The molecule has 0 atom stereocenters. The number of nitrogens with zero attached hydrogens (tertiary/aromatic N) is 4. The highest BCUT2D eigenvalue weighted by atomic mass is 16.4. The van der Waals surface area contributed by atoms with Gasteiger partial charge in [-0.1, -0.05) is 34.6 Å². The molecule has 0 aromatic heterocycles. The number of hydrogen-bond acceptors (Lipinski definition) is 4. The molecule has 0 spiro atoms. The van der Waals surface area contributed by atoms with E-state index in [2.05, 4.69) is 20.1 Å². The van der Waals surface area contributed by atoms with Crippen molar-refractivity contribution in [2.45, 2.75) is 38.5 Å². The van der Waals surface area contributed by atoms with Crippen molar-refractivity contribution in [3.05, 3.63) is 35.4 Å². The second kappa shape index (κ2) is 8.04. The summed E-state index contributed by atoms with van der Waals surface area (Å²) in [5.74, 6) is 1.25. The third-order valence-electron chi connectivity index (χ3n) is 4.90. The summed E-state index contributed by atoms with van der Waals surface area (Å²) < 4.78 is 0. The number of hydrogen-bond donors (Lipinski definition) is 2. The molecule has 130 valence electrons. The van der Waals surface area contributed by atoms with Crippen LogP contribution in [-0.2, 0) is 0 Å². The van der Waals surface area contributed by atoms with Gasteiger partial charge in [0.1, 0.15) is 0 Å². The van der Waals surface area contributed by atoms with Gasteiger partial charge in [-0.3, -0.25) is 0 Å². The largest absolute Gasteiger partial charge is 0.409 e. The number of amidine groups is 2. The van der Waals surface area contributed by atoms with Gasteiger partial charge in [0.05, 0.1) is 0 Å². The van der Waals surface area contributed by atoms with E-state index in [1.54, 1.807) is 0 Å². The molecule has 2 aliphatic rings. The average Bonchev–Trinajstić information content (AvgIpc) is 2.66. The highest BCUT2D eigenvalue weighted by molar-refractivity contribution is 6.01. The van der Waals surface area contributed by atoms with Crippen molar-refractivity contribution in [3.63, 3.8) is 0 Å². The van der Waals surface area contributed by atoms with Crippen molar-refractivity contribution >= 4 is 11.7 Å². The molecule has 0 amide bonds. The van der Waals surface area contributed by atoms with Crippen LogP contribution >= 0.6 is 0 Å². The molecule has 0 radical (unpaired) electrons. The molecular formula is C18H26N4O2. The van der Waals surface area contributed by atoms with E-state index in [0.717, 1.165) is 63.0 Å². The van der Waals surface area contributed by atoms with Gasteiger partial charge in [0.25, 0.3) is 0 Å². The van der Waals surface area contributed by atoms with Gasteiger partial charge in [-0.15, -0.1) is 0 Å². The van der Waals surface area contributed by atoms with Gasteiger partial charge in [0.15, 0.2) is 11.7 Å². The third-order valence-corrected chi connectivity index (χ3v) is 4.90. The lowest BCUT2D eigenvalue weighted by Crippen LogP contribution is -2.37. The molecule has 2 heterocycles. The van der Waals surface area contributed by atoms with Crippen LogP contribution in [0.3, 0.4) is 0 Å². The number of piperidine rings is 2. The Bertz CT molecular complexity index is 533. The van der Waals surface area contributed by atoms with Crippen molar-refractivity contribution in [1.82, 2.24) is 9.80 Å². The Morgan fingerprint density at radius 2 is 0.958 bits per heavy atom. The van der Waals surface area contributed by atoms with E-state index < -0.39 is 0 Å². The fourth-order valence-electron chi connectivity index (χ4n) is 3.59. The Balaban J connectivity index is 1.76. The van der Waals surface area contributed by atoms with Gasteiger partial charge >= 0.3 is 0 Å². The lowest BCUT2D eigenvalue weighted by atomic mass is 10.1. The topological polar surface area (TPSA) is 71.7 Å². The quantitative estimate of drug-likeness (QED) is 0.378. The summed E-state index contributed by atoms with van der Waals surface area (Å²) in [6.07, 6.45) is 7.00. The van der Waals surface area contributed by atoms with E-state index in [-0.39, 0.29) is 0 Å². The maximum Gasteiger partial charge on any atom is 0.175 e. The predicted octanol–water partition coefficient (Wildman–Crippen LogP) is 2.93. The van der Waals surface area contributed by atoms with Crippen LogP contribution in [0, 0.1) is 0 Å². The van der Waals surface area contributed by atoms with Crippen LogP contribution in [0.5, 0.6) is 0 Å². The first kappa shape index (κ1) is 16.6. The summed E-state index contributed by atoms with van der Waals surface area (Å²) in [5, 5.41) is 25.9. The Morgan fingerprint density at radius 1 is 0.625 bits per heavy atom. The van der Waals surface area contributed by atoms with Gasteiger partial charge in [0.2, 0.25) is 0 Å². The average molecular weight is 330 g/mol. The second-order valence-electron chi connectivity index (χ2n) is 6.52. The molecule has 0 aliphatic carbocycles. The zero-order valence-electron chi connectivity index (χ0n) is 14.1. The third kappa shape index (κ3) is 3.63. The Kier molecular flexibility index (Phi) is 5.56. The number of oxime groups is 2. The van der Waals surface area contributed by atoms with E-state index in [1.807, 2.05) is 24.3 Å². The van der Waals surface area contributed by atoms with Crippen LogP contribution in [0.4, 0.5) is 0 Å². The maximum atomic E-state index is 9.43. The molecule has 1 aromatic carbocycles. The van der Waals surface area contributed by atoms with E-state index in [1.165, 1.54) is 12.8 Å². The van der Waals surface area contributed by atoms with Gasteiger partial charge < -0.3 is 20.2 Å². The molecule has 2 saturated heterocycles. The van der Waals surface area contributed by atoms with Crippen molar-refractivity contribution < 1.29 is 10.4 Å². The van der Waals surface area contributed by atoms with Crippen LogP contribution < -0.4 is 0 Å². The lowest BCUT2D eigenvalue weighted by molar-refractivity contribution is 0.285. The van der Waals surface area contributed by atoms with Crippen LogP contribution in [0.25, 0.3) is 0 Å². The molecule has 24 heavy (non-hydrogen) atoms. The Labute approximate surface area is 143 Å². The maximum absolute atomic E-state index is 9.43. The molecule has 2 N–H and O–H groups in total. The summed E-state index contributed by atoms with van der Waals surface area (Å²) in [7, 11) is 0. The molecule has 0 unspecified atom stereocenters. The molecular weight excluding hydrogens is 304 g/mol. The van der Waals surface area contributed by atoms with E-state index in [9.17, 15) is 10.4 Å². The van der Waals surface area contributed by atoms with Gasteiger partial charge in [0, 0.05) is 37.3 Å². The van der Waals surface area contributed by atoms with Crippen molar-refractivity contribution in [3.8, 4) is 0 Å². The summed E-state index contributed by atoms with van der Waals surface area (Å²) in [6, 6.07) is 7.75. The summed E-state index contributed by atoms with van der Waals surface area (Å²) in [4.78, 5) is 4.26. The van der Waals surface area contributed by atoms with Gasteiger partial charge in [-0.25, -0.2) is 0 Å². The minimum Gasteiger partial charge on any atom is -0.409 e. The van der Waals surface area contributed by atoms with Crippen LogP contribution in [0.1, 0.15) is 49.7 Å². The predicted molar refractivity (Wildman–Crippen MR) is 93.9 cm³/mol. The zero-order valence-corrected chi connectivity index (χ0v) is 14.1. The highest BCUT2D eigenvalue weighted by Crippen LogP contribution is 2.17. The molecule has 6 heteroatoms. The zero-order chi connectivity index (χ0) is 16.8. The van der Waals surface area contributed by atoms with E-state index in [4.69, 9.17) is 0 Å². The first-order chi connectivity index (χ1) is 11.8. The minimum absolute atomic E-state index is 0.627. The van der Waals surface area contributed by atoms with Crippen molar-refractivity contribution in [1.29, 1.82) is 0 Å². The smallest absolute Gasteiger partial charge is 0.175 e. The Morgan fingerprint density at radius 3 is 1.25 bits per heavy atom. The molecule has 1 aromatic rings. The highest BCUT2D eigenvalue weighted by Gasteiger charge is 2.19. The van der Waals surface area contributed by atoms with Gasteiger partial charge in [-0.2, -0.15) is 0 Å². The van der Waals surface area contributed by atoms with Crippen LogP contribution in [-0.4, -0.2) is 58.1 Å². The first-order valence-corrected chi connectivity index (χ1v) is 8.88. The number of benzene rings is 1. The second-order valence-corrected chi connectivity index (χ2v) is 6.52. The Hall–Kier alpha value is -2.24. The van der Waals surface area contributed by atoms with Gasteiger partial charge in [-0.05, 0) is 38.5 Å². The minimum atomic E-state index is 0.627. The van der Waals surface area contributed by atoms with Crippen LogP contribution in [0.2, 0.25) is 0 Å². The summed E-state index contributed by atoms with van der Waals surface area (Å²) >= 11 is 0. The SMILES string of the molecule is O/N=C(/c1ccc(/C(=N/O)N2CCCCC2)cc1)N1CCCCC1. The molecule has 6 nitrogen and oxygen atoms in total. The monoisotopic (exact) mass is 330 g/mol. The molecule has 2 fully saturated rings. The first-order valence-electron chi connectivity index (χ1n) is 8.88. The fraction of sp³-hybridized carbons (Fsp3) is 0.556. The normalized spacial score (nSPS) is 20.3. The van der Waals surface area contributed by atoms with E-state index in [0.29, 0.717) is 11.7 Å². The number of likely N-dealkylation sites (tertiary alicyclic amines) is 2. The molecule has 3 rings (SSSR count). The standard InChI is InChI=1S/C18H26N4O2/c23-19-17(21-11-3-1-4-12-21)15-7-9-16(10-8-15)18(20-24)22-13-5-2-6-14-22/h7-10,23-24H,1-6,11-14H2/b19-17-,20-18-. The molecule has 0 bridgehead atoms. The fourth-order valence-corrected chi connectivity index (χ4v) is 3.59.